The number of rotatable bonds is 4. The summed E-state index contributed by atoms with van der Waals surface area (Å²) in [6.07, 6.45) is 0. The summed E-state index contributed by atoms with van der Waals surface area (Å²) in [4.78, 5) is 9.20. The minimum atomic E-state index is -3.56. The monoisotopic (exact) mass is 327 g/mol. The van der Waals surface area contributed by atoms with E-state index in [4.69, 9.17) is 0 Å². The smallest absolute Gasteiger partial charge is 0.240 e. The number of hydrogen-bond donors (Lipinski definition) is 1. The second-order valence-electron chi connectivity index (χ2n) is 5.38. The van der Waals surface area contributed by atoms with Gasteiger partial charge in [-0.05, 0) is 38.1 Å². The minimum absolute atomic E-state index is 0.111. The lowest BCUT2D eigenvalue weighted by Crippen LogP contribution is -2.24. The Hall–Kier alpha value is -2.31. The Morgan fingerprint density at radius 3 is 2.17 bits per heavy atom. The van der Waals surface area contributed by atoms with Crippen molar-refractivity contribution in [2.45, 2.75) is 25.3 Å². The first-order chi connectivity index (χ1) is 11.0. The van der Waals surface area contributed by atoms with Crippen LogP contribution in [0.5, 0.6) is 0 Å². The number of hydrogen-bond acceptors (Lipinski definition) is 4. The zero-order valence-electron chi connectivity index (χ0n) is 12.9. The molecular weight excluding hydrogens is 310 g/mol. The number of aryl methyl sites for hydroxylation is 2. The zero-order valence-corrected chi connectivity index (χ0v) is 13.8. The summed E-state index contributed by atoms with van der Waals surface area (Å²) >= 11 is 0. The van der Waals surface area contributed by atoms with E-state index in [1.165, 1.54) is 0 Å². The SMILES string of the molecule is Cc1ccc(S(=O)(=O)NCc2nc3ccccc3nc2C)cc1. The third-order valence-electron chi connectivity index (χ3n) is 3.60. The largest absolute Gasteiger partial charge is 0.250 e. The fraction of sp³-hybridized carbons (Fsp3) is 0.176. The quantitative estimate of drug-likeness (QED) is 0.800. The molecule has 0 aliphatic carbocycles. The van der Waals surface area contributed by atoms with Crippen molar-refractivity contribution >= 4 is 21.1 Å². The number of para-hydroxylation sites is 2. The van der Waals surface area contributed by atoms with Gasteiger partial charge in [-0.1, -0.05) is 29.8 Å². The van der Waals surface area contributed by atoms with Crippen LogP contribution < -0.4 is 4.72 Å². The van der Waals surface area contributed by atoms with Crippen LogP contribution in [0.15, 0.2) is 53.4 Å². The van der Waals surface area contributed by atoms with Crippen LogP contribution in [0, 0.1) is 13.8 Å². The Morgan fingerprint density at radius 2 is 1.52 bits per heavy atom. The Bertz CT molecular complexity index is 951. The molecule has 3 rings (SSSR count). The lowest BCUT2D eigenvalue weighted by atomic mass is 10.2. The topological polar surface area (TPSA) is 72.0 Å². The van der Waals surface area contributed by atoms with Crippen molar-refractivity contribution in [3.63, 3.8) is 0 Å². The zero-order chi connectivity index (χ0) is 16.4. The highest BCUT2D eigenvalue weighted by Gasteiger charge is 2.15. The van der Waals surface area contributed by atoms with Crippen LogP contribution in [-0.4, -0.2) is 18.4 Å². The van der Waals surface area contributed by atoms with E-state index in [9.17, 15) is 8.42 Å². The number of aromatic nitrogens is 2. The van der Waals surface area contributed by atoms with Crippen molar-refractivity contribution in [2.24, 2.45) is 0 Å². The van der Waals surface area contributed by atoms with Crippen LogP contribution in [0.4, 0.5) is 0 Å². The molecule has 23 heavy (non-hydrogen) atoms. The van der Waals surface area contributed by atoms with Crippen molar-refractivity contribution in [3.05, 3.63) is 65.5 Å². The van der Waals surface area contributed by atoms with Gasteiger partial charge in [0.1, 0.15) is 0 Å². The molecule has 0 saturated heterocycles. The third-order valence-corrected chi connectivity index (χ3v) is 5.02. The molecule has 1 heterocycles. The van der Waals surface area contributed by atoms with Gasteiger partial charge in [-0.2, -0.15) is 0 Å². The van der Waals surface area contributed by atoms with Gasteiger partial charge in [0, 0.05) is 0 Å². The highest BCUT2D eigenvalue weighted by atomic mass is 32.2. The Labute approximate surface area is 135 Å². The van der Waals surface area contributed by atoms with Crippen molar-refractivity contribution in [2.75, 3.05) is 0 Å². The van der Waals surface area contributed by atoms with Gasteiger partial charge in [-0.15, -0.1) is 0 Å². The van der Waals surface area contributed by atoms with E-state index >= 15 is 0 Å². The van der Waals surface area contributed by atoms with Crippen LogP contribution >= 0.6 is 0 Å². The third kappa shape index (κ3) is 3.38. The molecule has 0 aliphatic rings. The molecule has 5 nitrogen and oxygen atoms in total. The lowest BCUT2D eigenvalue weighted by molar-refractivity contribution is 0.580. The highest BCUT2D eigenvalue weighted by Crippen LogP contribution is 2.14. The summed E-state index contributed by atoms with van der Waals surface area (Å²) in [7, 11) is -3.56. The van der Waals surface area contributed by atoms with Gasteiger partial charge >= 0.3 is 0 Å². The molecule has 118 valence electrons. The normalized spacial score (nSPS) is 11.7. The molecule has 0 radical (unpaired) electrons. The maximum Gasteiger partial charge on any atom is 0.240 e. The predicted octanol–water partition coefficient (Wildman–Crippen LogP) is 2.73. The fourth-order valence-corrected chi connectivity index (χ4v) is 3.24. The summed E-state index contributed by atoms with van der Waals surface area (Å²) in [5.41, 5.74) is 3.91. The van der Waals surface area contributed by atoms with Crippen LogP contribution in [0.1, 0.15) is 17.0 Å². The molecule has 0 bridgehead atoms. The van der Waals surface area contributed by atoms with Crippen molar-refractivity contribution in [1.29, 1.82) is 0 Å². The van der Waals surface area contributed by atoms with Crippen LogP contribution in [0.2, 0.25) is 0 Å². The number of sulfonamides is 1. The van der Waals surface area contributed by atoms with Gasteiger partial charge < -0.3 is 0 Å². The van der Waals surface area contributed by atoms with Crippen LogP contribution in [0.3, 0.4) is 0 Å². The lowest BCUT2D eigenvalue weighted by Gasteiger charge is -2.09. The van der Waals surface area contributed by atoms with Crippen LogP contribution in [0.25, 0.3) is 11.0 Å². The molecule has 0 saturated carbocycles. The molecule has 6 heteroatoms. The molecule has 0 amide bonds. The Morgan fingerprint density at radius 1 is 0.913 bits per heavy atom. The van der Waals surface area contributed by atoms with E-state index < -0.39 is 10.0 Å². The van der Waals surface area contributed by atoms with Crippen molar-refractivity contribution in [3.8, 4) is 0 Å². The molecule has 0 spiro atoms. The number of nitrogens with one attached hydrogen (secondary N) is 1. The summed E-state index contributed by atoms with van der Waals surface area (Å²) in [6, 6.07) is 14.3. The van der Waals surface area contributed by atoms with Crippen LogP contribution in [-0.2, 0) is 16.6 Å². The second kappa shape index (κ2) is 6.06. The van der Waals surface area contributed by atoms with Crippen molar-refractivity contribution < 1.29 is 8.42 Å². The van der Waals surface area contributed by atoms with Gasteiger partial charge in [0.15, 0.2) is 0 Å². The molecule has 0 unspecified atom stereocenters. The maximum absolute atomic E-state index is 12.3. The average Bonchev–Trinajstić information content (AvgIpc) is 2.53. The first kappa shape index (κ1) is 15.6. The van der Waals surface area contributed by atoms with Crippen molar-refractivity contribution in [1.82, 2.24) is 14.7 Å². The molecule has 3 aromatic rings. The van der Waals surface area contributed by atoms with Gasteiger partial charge in [-0.25, -0.2) is 23.1 Å². The van der Waals surface area contributed by atoms with Gasteiger partial charge in [0.2, 0.25) is 10.0 Å². The first-order valence-corrected chi connectivity index (χ1v) is 8.72. The predicted molar refractivity (Wildman–Crippen MR) is 89.5 cm³/mol. The summed E-state index contributed by atoms with van der Waals surface area (Å²) in [5, 5.41) is 0. The van der Waals surface area contributed by atoms with E-state index in [2.05, 4.69) is 14.7 Å². The Kier molecular flexibility index (Phi) is 4.11. The Balaban J connectivity index is 1.85. The van der Waals surface area contributed by atoms with E-state index in [-0.39, 0.29) is 11.4 Å². The molecule has 0 atom stereocenters. The summed E-state index contributed by atoms with van der Waals surface area (Å²) < 4.78 is 27.3. The van der Waals surface area contributed by atoms with E-state index in [0.717, 1.165) is 22.3 Å². The van der Waals surface area contributed by atoms with Gasteiger partial charge in [0.25, 0.3) is 0 Å². The van der Waals surface area contributed by atoms with E-state index in [1.54, 1.807) is 24.3 Å². The average molecular weight is 327 g/mol. The molecule has 0 fully saturated rings. The summed E-state index contributed by atoms with van der Waals surface area (Å²) in [5.74, 6) is 0. The van der Waals surface area contributed by atoms with Gasteiger partial charge in [0.05, 0.1) is 33.9 Å². The van der Waals surface area contributed by atoms with Gasteiger partial charge in [-0.3, -0.25) is 0 Å². The minimum Gasteiger partial charge on any atom is -0.250 e. The van der Waals surface area contributed by atoms with E-state index in [1.807, 2.05) is 38.1 Å². The first-order valence-electron chi connectivity index (χ1n) is 7.24. The molecule has 2 aromatic carbocycles. The van der Waals surface area contributed by atoms with E-state index in [0.29, 0.717) is 5.69 Å². The maximum atomic E-state index is 12.3. The molecule has 0 aliphatic heterocycles. The summed E-state index contributed by atoms with van der Waals surface area (Å²) in [6.45, 7) is 3.85. The molecule has 1 aromatic heterocycles. The number of nitrogens with zero attached hydrogens (tertiary/aromatic N) is 2. The molecular formula is C17H17N3O2S. The number of benzene rings is 2. The number of fused-ring (bicyclic) bond motifs is 1. The fourth-order valence-electron chi connectivity index (χ4n) is 2.26. The molecule has 1 N–H and O–H groups in total. The second-order valence-corrected chi connectivity index (χ2v) is 7.15. The highest BCUT2D eigenvalue weighted by molar-refractivity contribution is 7.89. The standard InChI is InChI=1S/C17H17N3O2S/c1-12-7-9-14(10-8-12)23(21,22)18-11-17-13(2)19-15-5-3-4-6-16(15)20-17/h3-10,18H,11H2,1-2H3.